The van der Waals surface area contributed by atoms with E-state index >= 15 is 0 Å². The summed E-state index contributed by atoms with van der Waals surface area (Å²) in [6, 6.07) is -0.0762. The molecule has 372 valence electrons. The van der Waals surface area contributed by atoms with Crippen molar-refractivity contribution < 1.29 is 76.2 Å². The van der Waals surface area contributed by atoms with Crippen LogP contribution in [0.2, 0.25) is 0 Å². The van der Waals surface area contributed by atoms with Crippen LogP contribution in [0, 0.1) is 0 Å². The topological polar surface area (TPSA) is 230 Å². The highest BCUT2D eigenvalue weighted by atomic mass is 16.7. The first kappa shape index (κ1) is 52.4. The van der Waals surface area contributed by atoms with Crippen molar-refractivity contribution in [3.63, 3.8) is 0 Å². The van der Waals surface area contributed by atoms with Crippen molar-refractivity contribution in [1.82, 2.24) is 15.5 Å². The molecule has 0 saturated carbocycles. The van der Waals surface area contributed by atoms with Crippen LogP contribution in [-0.2, 0) is 64.2 Å². The van der Waals surface area contributed by atoms with Crippen LogP contribution in [0.3, 0.4) is 0 Å². The maximum absolute atomic E-state index is 14.5. The van der Waals surface area contributed by atoms with E-state index in [1.54, 1.807) is 80.5 Å². The van der Waals surface area contributed by atoms with Crippen molar-refractivity contribution in [2.75, 3.05) is 26.8 Å². The summed E-state index contributed by atoms with van der Waals surface area (Å²) in [4.78, 5) is 96.5. The highest BCUT2D eigenvalue weighted by molar-refractivity contribution is 5.88. The number of carbonyl (C=O) groups excluding carboxylic acids is 7. The molecule has 5 rings (SSSR count). The van der Waals surface area contributed by atoms with Gasteiger partial charge in [-0.3, -0.25) is 14.5 Å². The molecule has 6 atom stereocenters. The molecule has 1 fully saturated rings. The van der Waals surface area contributed by atoms with Gasteiger partial charge in [0.25, 0.3) is 0 Å². The molecular weight excluding hydrogens is 875 g/mol. The fourth-order valence-corrected chi connectivity index (χ4v) is 8.91. The van der Waals surface area contributed by atoms with E-state index in [1.807, 2.05) is 20.9 Å². The SMILES string of the molecule is CCCCOC(=O)[C@H](CC(=O)OC1=CC[C@@]2(OC(=O)C[C@H](NC(=O)OC(C)(C)C)C(=O)OCCCC)[C@H]3Cc4ccc(OC(=O)OC(C)(C)C)c5c4[C@@]2(CCN3C)[C@H]1O5)NC(=O)OC(C)(C)C. The maximum atomic E-state index is 14.5. The van der Waals surface area contributed by atoms with Gasteiger partial charge in [0.05, 0.1) is 37.5 Å². The molecule has 2 heterocycles. The Morgan fingerprint density at radius 1 is 0.761 bits per heavy atom. The second-order valence-electron chi connectivity index (χ2n) is 20.4. The predicted molar refractivity (Wildman–Crippen MR) is 239 cm³/mol. The van der Waals surface area contributed by atoms with Crippen LogP contribution in [-0.4, -0.2) is 121 Å². The van der Waals surface area contributed by atoms with E-state index in [0.29, 0.717) is 31.4 Å². The van der Waals surface area contributed by atoms with Crippen LogP contribution < -0.4 is 20.1 Å². The van der Waals surface area contributed by atoms with Gasteiger partial charge in [-0.1, -0.05) is 32.8 Å². The van der Waals surface area contributed by atoms with Crippen molar-refractivity contribution >= 4 is 42.2 Å². The molecule has 1 aromatic carbocycles. The van der Waals surface area contributed by atoms with Crippen LogP contribution in [0.15, 0.2) is 24.0 Å². The Balaban J connectivity index is 1.56. The molecule has 1 saturated heterocycles. The number of piperidine rings is 1. The first-order valence-electron chi connectivity index (χ1n) is 23.1. The van der Waals surface area contributed by atoms with Crippen molar-refractivity contribution in [3.8, 4) is 11.5 Å². The lowest BCUT2D eigenvalue weighted by Crippen LogP contribution is -2.75. The van der Waals surface area contributed by atoms with Gasteiger partial charge in [-0.25, -0.2) is 24.0 Å². The second-order valence-corrected chi connectivity index (χ2v) is 20.4. The Labute approximate surface area is 392 Å². The van der Waals surface area contributed by atoms with Crippen LogP contribution in [0.1, 0.15) is 139 Å². The third-order valence-corrected chi connectivity index (χ3v) is 11.6. The predicted octanol–water partition coefficient (Wildman–Crippen LogP) is 6.63. The standard InChI is InChI=1S/C48H69N3O16/c1-13-15-23-59-39(54)29(49-41(56)65-44(3,4)5)26-34(52)61-32-19-20-48(64-35(53)27-30(40(55)60-24-16-14-2)50-42(57)66-45(6,7)8)33-25-28-17-18-31(62-43(58)67-46(9,10)11)37-36(28)47(48,38(32)63-37)21-22-51(33)12/h17-19,29-30,33,38H,13-16,20-27H2,1-12H3,(H,49,56)(H,50,57)/t29-,30-,33+,38-,47-,48+/m0/s1. The number of carbonyl (C=O) groups is 7. The fourth-order valence-electron chi connectivity index (χ4n) is 8.91. The lowest BCUT2D eigenvalue weighted by molar-refractivity contribution is -0.207. The quantitative estimate of drug-likeness (QED) is 0.0723. The molecule has 1 aromatic rings. The molecule has 0 unspecified atom stereocenters. The van der Waals surface area contributed by atoms with Crippen LogP contribution in [0.5, 0.6) is 11.5 Å². The molecule has 4 aliphatic rings. The number of alkyl carbamates (subject to hydrolysis) is 2. The minimum atomic E-state index is -1.48. The number of amides is 2. The lowest BCUT2D eigenvalue weighted by atomic mass is 9.50. The third-order valence-electron chi connectivity index (χ3n) is 11.6. The summed E-state index contributed by atoms with van der Waals surface area (Å²) in [6.07, 6.45) is -0.614. The second kappa shape index (κ2) is 20.7. The summed E-state index contributed by atoms with van der Waals surface area (Å²) in [5.74, 6) is -3.32. The van der Waals surface area contributed by atoms with Crippen molar-refractivity contribution in [2.45, 2.75) is 186 Å². The summed E-state index contributed by atoms with van der Waals surface area (Å²) in [7, 11) is 1.90. The van der Waals surface area contributed by atoms with Gasteiger partial charge in [-0.05, 0) is 119 Å². The molecule has 1 spiro atoms. The van der Waals surface area contributed by atoms with Gasteiger partial charge >= 0.3 is 42.2 Å². The van der Waals surface area contributed by atoms with Gasteiger partial charge in [0.2, 0.25) is 0 Å². The molecule has 2 N–H and O–H groups in total. The highest BCUT2D eigenvalue weighted by Crippen LogP contribution is 2.66. The van der Waals surface area contributed by atoms with E-state index in [9.17, 15) is 33.6 Å². The molecule has 0 radical (unpaired) electrons. The van der Waals surface area contributed by atoms with E-state index in [1.165, 1.54) is 0 Å². The lowest BCUT2D eigenvalue weighted by Gasteiger charge is -2.62. The summed E-state index contributed by atoms with van der Waals surface area (Å²) in [6.45, 7) is 19.4. The first-order valence-corrected chi connectivity index (χ1v) is 23.1. The zero-order valence-electron chi connectivity index (χ0n) is 41.0. The minimum Gasteiger partial charge on any atom is -0.477 e. The number of nitrogens with one attached hydrogen (secondary N) is 2. The van der Waals surface area contributed by atoms with Crippen molar-refractivity contribution in [3.05, 3.63) is 35.1 Å². The zero-order valence-corrected chi connectivity index (χ0v) is 41.0. The van der Waals surface area contributed by atoms with Crippen LogP contribution in [0.4, 0.5) is 14.4 Å². The average molecular weight is 944 g/mol. The number of nitrogens with zero attached hydrogens (tertiary/aromatic N) is 1. The number of ether oxygens (including phenoxy) is 9. The average Bonchev–Trinajstić information content (AvgIpc) is 3.55. The Kier molecular flexibility index (Phi) is 16.2. The summed E-state index contributed by atoms with van der Waals surface area (Å²) in [5, 5.41) is 4.94. The third kappa shape index (κ3) is 12.5. The zero-order chi connectivity index (χ0) is 49.7. The number of likely N-dealkylation sites (N-methyl/N-ethyl adjacent to an activating group) is 1. The van der Waals surface area contributed by atoms with Gasteiger partial charge in [-0.2, -0.15) is 0 Å². The number of esters is 4. The van der Waals surface area contributed by atoms with Crippen LogP contribution in [0.25, 0.3) is 0 Å². The summed E-state index contributed by atoms with van der Waals surface area (Å²) < 4.78 is 52.5. The number of rotatable bonds is 17. The number of benzene rings is 1. The monoisotopic (exact) mass is 943 g/mol. The number of hydrogen-bond donors (Lipinski definition) is 2. The molecule has 0 aromatic heterocycles. The molecule has 2 bridgehead atoms. The molecule has 19 heteroatoms. The van der Waals surface area contributed by atoms with Crippen molar-refractivity contribution in [2.24, 2.45) is 0 Å². The normalized spacial score (nSPS) is 22.5. The fraction of sp³-hybridized carbons (Fsp3) is 0.688. The Bertz CT molecular complexity index is 2080. The maximum Gasteiger partial charge on any atom is 0.514 e. The van der Waals surface area contributed by atoms with E-state index in [-0.39, 0.29) is 43.3 Å². The molecule has 67 heavy (non-hydrogen) atoms. The molecule has 2 amide bonds. The molecule has 2 aliphatic carbocycles. The number of hydrogen-bond acceptors (Lipinski definition) is 17. The van der Waals surface area contributed by atoms with E-state index < -0.39 is 107 Å². The minimum absolute atomic E-state index is 0.00737. The smallest absolute Gasteiger partial charge is 0.477 e. The summed E-state index contributed by atoms with van der Waals surface area (Å²) >= 11 is 0. The van der Waals surface area contributed by atoms with Crippen molar-refractivity contribution in [1.29, 1.82) is 0 Å². The first-order chi connectivity index (χ1) is 31.2. The Hall–Kier alpha value is -5.59. The highest BCUT2D eigenvalue weighted by Gasteiger charge is 2.74. The van der Waals surface area contributed by atoms with E-state index in [0.717, 1.165) is 18.4 Å². The number of likely N-dealkylation sites (tertiary alicyclic amines) is 1. The van der Waals surface area contributed by atoms with Gasteiger partial charge < -0.3 is 53.3 Å². The van der Waals surface area contributed by atoms with Gasteiger partial charge in [0.15, 0.2) is 17.6 Å². The van der Waals surface area contributed by atoms with Gasteiger partial charge in [0, 0.05) is 12.0 Å². The molecule has 19 nitrogen and oxygen atoms in total. The Morgan fingerprint density at radius 2 is 1.30 bits per heavy atom. The molecular formula is C48H69N3O16. The largest absolute Gasteiger partial charge is 0.514 e. The number of unbranched alkanes of at least 4 members (excludes halogenated alkanes) is 2. The molecule has 2 aliphatic heterocycles. The Morgan fingerprint density at radius 3 is 1.82 bits per heavy atom. The van der Waals surface area contributed by atoms with Crippen LogP contribution >= 0.6 is 0 Å². The van der Waals surface area contributed by atoms with E-state index in [4.69, 9.17) is 42.6 Å². The summed E-state index contributed by atoms with van der Waals surface area (Å²) in [5.41, 5.74) is -4.13. The van der Waals surface area contributed by atoms with Gasteiger partial charge in [-0.15, -0.1) is 0 Å². The van der Waals surface area contributed by atoms with Gasteiger partial charge in [0.1, 0.15) is 40.2 Å². The van der Waals surface area contributed by atoms with E-state index in [2.05, 4.69) is 15.5 Å².